The summed E-state index contributed by atoms with van der Waals surface area (Å²) in [5, 5.41) is 0. The van der Waals surface area contributed by atoms with Gasteiger partial charge in [-0.3, -0.25) is 18.2 Å². The normalized spacial score (nSPS) is 12.0. The van der Waals surface area contributed by atoms with Gasteiger partial charge in [-0.25, -0.2) is 6.20 Å². The largest absolute Gasteiger partial charge is 0.482 e. The van der Waals surface area contributed by atoms with Crippen molar-refractivity contribution in [2.24, 2.45) is 10.9 Å². The molecule has 0 heterocycles. The van der Waals surface area contributed by atoms with Gasteiger partial charge in [0.2, 0.25) is 0 Å². The van der Waals surface area contributed by atoms with Crippen LogP contribution in [0.1, 0.15) is 20.8 Å². The third kappa shape index (κ3) is 11.6. The standard InChI is InChI=1S/C9H13N.Lr/c1-4-5-6-7-10-8-9(2)3;/h5-7,9H,1-3H3;/q-2;/b7-6-;. The van der Waals surface area contributed by atoms with Crippen molar-refractivity contribution < 1.29 is 0 Å². The molecule has 1 nitrogen and oxygen atoms in total. The summed E-state index contributed by atoms with van der Waals surface area (Å²) in [6.07, 6.45) is 11.1. The molecule has 1 radical (unpaired) electrons. The zero-order chi connectivity index (χ0) is 7.82. The summed E-state index contributed by atoms with van der Waals surface area (Å²) in [7, 11) is 0. The van der Waals surface area contributed by atoms with E-state index in [-0.39, 0.29) is 0 Å². The fourth-order valence-corrected chi connectivity index (χ4v) is 0.374. The Hall–Kier alpha value is -1.85. The molecule has 0 fully saturated rings. The quantitative estimate of drug-likeness (QED) is 0.394. The minimum atomic E-state index is 0. The SMILES string of the molecule is C[C-]=C/C=C\N=[C-]C(C)C.[Lr]. The second kappa shape index (κ2) is 8.15. The third-order valence-electron chi connectivity index (χ3n) is 0.756. The summed E-state index contributed by atoms with van der Waals surface area (Å²) >= 11 is 0. The average molecular weight is 397 g/mol. The first-order valence-corrected chi connectivity index (χ1v) is 3.38. The Morgan fingerprint density at radius 1 is 1.36 bits per heavy atom. The second-order valence-corrected chi connectivity index (χ2v) is 2.21. The van der Waals surface area contributed by atoms with Crippen LogP contribution in [0.25, 0.3) is 0 Å². The fourth-order valence-electron chi connectivity index (χ4n) is 0.374. The molecule has 0 atom stereocenters. The first kappa shape index (κ1) is 11.9. The molecule has 0 aliphatic heterocycles. The van der Waals surface area contributed by atoms with Gasteiger partial charge >= 0.3 is 0 Å². The van der Waals surface area contributed by atoms with Crippen LogP contribution >= 0.6 is 0 Å². The van der Waals surface area contributed by atoms with Crippen LogP contribution in [-0.4, -0.2) is 6.21 Å². The molecule has 0 spiro atoms. The molecule has 0 aromatic rings. The summed E-state index contributed by atoms with van der Waals surface area (Å²) < 4.78 is 0. The van der Waals surface area contributed by atoms with Gasteiger partial charge in [-0.05, 0) is 0 Å². The van der Waals surface area contributed by atoms with E-state index in [1.165, 1.54) is 0 Å². The van der Waals surface area contributed by atoms with E-state index in [0.717, 1.165) is 0 Å². The monoisotopic (exact) mass is 397 g/mol. The number of allylic oxidation sites excluding steroid dienone is 3. The summed E-state index contributed by atoms with van der Waals surface area (Å²) in [6, 6.07) is 0. The Kier molecular flexibility index (Phi) is 8.81. The first-order chi connectivity index (χ1) is 4.77. The van der Waals surface area contributed by atoms with Gasteiger partial charge in [0, 0.05) is 0 Å². The molecule has 0 N–H and O–H groups in total. The molecule has 2 heteroatoms. The zero-order valence-electron chi connectivity index (χ0n) is 7.01. The third-order valence-corrected chi connectivity index (χ3v) is 0.756. The van der Waals surface area contributed by atoms with Crippen molar-refractivity contribution in [2.45, 2.75) is 20.8 Å². The van der Waals surface area contributed by atoms with Crippen LogP contribution in [0.15, 0.2) is 23.3 Å². The Labute approximate surface area is 63.2 Å². The van der Waals surface area contributed by atoms with Gasteiger partial charge < -0.3 is 4.99 Å². The average Bonchev–Trinajstić information content (AvgIpc) is 1.87. The van der Waals surface area contributed by atoms with Crippen LogP contribution in [0.2, 0.25) is 0 Å². The van der Waals surface area contributed by atoms with E-state index in [1.54, 1.807) is 6.20 Å². The molecule has 0 amide bonds. The van der Waals surface area contributed by atoms with Crippen molar-refractivity contribution in [2.75, 3.05) is 0 Å². The molecule has 0 unspecified atom stereocenters. The molecule has 11 heavy (non-hydrogen) atoms. The van der Waals surface area contributed by atoms with E-state index >= 15 is 0 Å². The van der Waals surface area contributed by atoms with Crippen LogP contribution in [0.5, 0.6) is 0 Å². The molecular formula is C9H13LrN-2. The summed E-state index contributed by atoms with van der Waals surface area (Å²) in [4.78, 5) is 3.91. The van der Waals surface area contributed by atoms with Gasteiger partial charge in [0.1, 0.15) is 0 Å². The number of nitrogens with zero attached hydrogens (tertiary/aromatic N) is 1. The second-order valence-electron chi connectivity index (χ2n) is 2.21. The molecule has 0 saturated heterocycles. The van der Waals surface area contributed by atoms with Crippen LogP contribution in [0.4, 0.5) is 0 Å². The molecule has 0 aliphatic carbocycles. The van der Waals surface area contributed by atoms with E-state index < -0.39 is 0 Å². The Morgan fingerprint density at radius 2 is 2.00 bits per heavy atom. The molecule has 0 saturated carbocycles. The van der Waals surface area contributed by atoms with Gasteiger partial charge in [0.05, 0.1) is 0 Å². The molecule has 0 bridgehead atoms. The number of aliphatic imine (C=N–C) groups is 1. The van der Waals surface area contributed by atoms with E-state index in [1.807, 2.05) is 32.9 Å². The molecule has 71 valence electrons. The van der Waals surface area contributed by atoms with E-state index in [2.05, 4.69) is 17.3 Å². The van der Waals surface area contributed by atoms with Crippen molar-refractivity contribution in [3.05, 3.63) is 24.4 Å². The van der Waals surface area contributed by atoms with Crippen molar-refractivity contribution >= 4 is 6.21 Å². The van der Waals surface area contributed by atoms with E-state index in [4.69, 9.17) is 0 Å². The van der Waals surface area contributed by atoms with Crippen molar-refractivity contribution in [1.82, 2.24) is 0 Å². The Balaban J connectivity index is 0. The number of hydrogen-bond acceptors (Lipinski definition) is 1. The van der Waals surface area contributed by atoms with Gasteiger partial charge in [0.15, 0.2) is 0 Å². The van der Waals surface area contributed by atoms with Gasteiger partial charge in [-0.2, -0.15) is 6.21 Å². The maximum Gasteiger partial charge on any atom is 0 e. The van der Waals surface area contributed by atoms with Crippen molar-refractivity contribution in [1.29, 1.82) is 0 Å². The summed E-state index contributed by atoms with van der Waals surface area (Å²) in [6.45, 7) is 5.93. The maximum atomic E-state index is 3.91. The minimum Gasteiger partial charge on any atom is -0.482 e. The predicted octanol–water partition coefficient (Wildman–Crippen LogP) is 2.48. The zero-order valence-corrected chi connectivity index (χ0v) is 9.16. The molecule has 0 aromatic heterocycles. The Morgan fingerprint density at radius 3 is 2.45 bits per heavy atom. The predicted molar refractivity (Wildman–Crippen MR) is 44.9 cm³/mol. The van der Waals surface area contributed by atoms with Crippen LogP contribution in [-0.2, 0) is 0 Å². The molecular weight excluding hydrogens is 384 g/mol. The molecule has 0 rings (SSSR count). The topological polar surface area (TPSA) is 12.4 Å². The van der Waals surface area contributed by atoms with Crippen LogP contribution in [0.3, 0.4) is 0 Å². The fraction of sp³-hybridized carbons (Fsp3) is 0.444. The van der Waals surface area contributed by atoms with Crippen LogP contribution in [0, 0.1) is 12.0 Å². The molecule has 0 aromatic carbocycles. The summed E-state index contributed by atoms with van der Waals surface area (Å²) in [5.74, 6) is 0.402. The van der Waals surface area contributed by atoms with Gasteiger partial charge in [-0.15, -0.1) is 6.92 Å². The Bertz CT molecular complexity index is 146. The van der Waals surface area contributed by atoms with Crippen molar-refractivity contribution in [3.63, 3.8) is 0 Å². The summed E-state index contributed by atoms with van der Waals surface area (Å²) in [5.41, 5.74) is 0. The maximum absolute atomic E-state index is 3.91. The molecule has 0 aliphatic rings. The van der Waals surface area contributed by atoms with Crippen molar-refractivity contribution in [3.8, 4) is 0 Å². The van der Waals surface area contributed by atoms with Gasteiger partial charge in [-0.1, -0.05) is 19.8 Å². The van der Waals surface area contributed by atoms with E-state index in [0.29, 0.717) is 5.92 Å². The first-order valence-electron chi connectivity index (χ1n) is 3.38. The minimum absolute atomic E-state index is 0. The number of rotatable bonds is 3. The smallest absolute Gasteiger partial charge is 0 e. The van der Waals surface area contributed by atoms with Crippen LogP contribution < -0.4 is 0 Å². The van der Waals surface area contributed by atoms with E-state index in [9.17, 15) is 0 Å². The van der Waals surface area contributed by atoms with Gasteiger partial charge in [0.25, 0.3) is 0 Å². The number of hydrogen-bond donors (Lipinski definition) is 0.